The van der Waals surface area contributed by atoms with Crippen LogP contribution in [0.15, 0.2) is 30.5 Å². The average molecular weight is 548 g/mol. The maximum Gasteiger partial charge on any atom is 0.340 e. The van der Waals surface area contributed by atoms with E-state index < -0.39 is 18.1 Å². The molecule has 37 heavy (non-hydrogen) atoms. The van der Waals surface area contributed by atoms with Gasteiger partial charge in [0.25, 0.3) is 5.92 Å². The molecule has 1 aromatic carbocycles. The van der Waals surface area contributed by atoms with E-state index in [1.54, 1.807) is 6.07 Å². The maximum atomic E-state index is 14.5. The molecular formula is C27H28ClF2N3O3S. The van der Waals surface area contributed by atoms with Gasteiger partial charge in [-0.15, -0.1) is 11.3 Å². The molecule has 1 aliphatic carbocycles. The Morgan fingerprint density at radius 1 is 1.30 bits per heavy atom. The molecule has 1 spiro atoms. The summed E-state index contributed by atoms with van der Waals surface area (Å²) in [6.07, 6.45) is 5.45. The van der Waals surface area contributed by atoms with Gasteiger partial charge in [-0.05, 0) is 56.2 Å². The highest BCUT2D eigenvalue weighted by Gasteiger charge is 2.51. The van der Waals surface area contributed by atoms with Crippen molar-refractivity contribution in [1.29, 1.82) is 0 Å². The number of ether oxygens (including phenoxy) is 2. The number of alkyl halides is 2. The molecule has 3 aliphatic rings. The van der Waals surface area contributed by atoms with Gasteiger partial charge in [0.05, 0.1) is 28.4 Å². The zero-order valence-electron chi connectivity index (χ0n) is 20.7. The Labute approximate surface area is 223 Å². The minimum Gasteiger partial charge on any atom is -0.465 e. The standard InChI is InChI=1S/C27H28ClF2N3O3S/c1-16-18(14-33(31-16)23-19(17-6-7-17)4-3-5-20(23)25(34)35-2)13-32-10-8-26(9-11-32)24-21(12-22(28)37-24)27(29,30)15-36-26/h3-5,12,14,17H,6-11,13,15H2,1-2H3. The summed E-state index contributed by atoms with van der Waals surface area (Å²) in [7, 11) is 1.39. The summed E-state index contributed by atoms with van der Waals surface area (Å²) in [5.74, 6) is -2.95. The SMILES string of the molecule is COC(=O)c1cccc(C2CC2)c1-n1cc(CN2CCC3(CC2)OCC(F)(F)c2cc(Cl)sc23)c(C)n1. The van der Waals surface area contributed by atoms with E-state index in [4.69, 9.17) is 26.2 Å². The Kier molecular flexibility index (Phi) is 6.18. The van der Waals surface area contributed by atoms with E-state index >= 15 is 0 Å². The number of benzene rings is 1. The number of aromatic nitrogens is 2. The number of likely N-dealkylation sites (tertiary alicyclic amines) is 1. The van der Waals surface area contributed by atoms with Gasteiger partial charge in [0.2, 0.25) is 0 Å². The average Bonchev–Trinajstić information content (AvgIpc) is 3.56. The van der Waals surface area contributed by atoms with Crippen LogP contribution in [-0.4, -0.2) is 47.5 Å². The number of carbonyl (C=O) groups excluding carboxylic acids is 1. The number of fused-ring (bicyclic) bond motifs is 2. The highest BCUT2D eigenvalue weighted by molar-refractivity contribution is 7.16. The van der Waals surface area contributed by atoms with Crippen molar-refractivity contribution in [2.75, 3.05) is 26.8 Å². The van der Waals surface area contributed by atoms with E-state index in [2.05, 4.69) is 11.0 Å². The van der Waals surface area contributed by atoms with Crippen LogP contribution in [0.4, 0.5) is 8.78 Å². The van der Waals surface area contributed by atoms with Crippen LogP contribution < -0.4 is 0 Å². The van der Waals surface area contributed by atoms with Crippen LogP contribution in [0.3, 0.4) is 0 Å². The topological polar surface area (TPSA) is 56.6 Å². The summed E-state index contributed by atoms with van der Waals surface area (Å²) in [6, 6.07) is 7.16. The van der Waals surface area contributed by atoms with Crippen molar-refractivity contribution >= 4 is 28.9 Å². The molecule has 2 fully saturated rings. The van der Waals surface area contributed by atoms with E-state index in [1.165, 1.54) is 24.5 Å². The Morgan fingerprint density at radius 2 is 2.05 bits per heavy atom. The van der Waals surface area contributed by atoms with Crippen LogP contribution >= 0.6 is 22.9 Å². The molecule has 0 unspecified atom stereocenters. The number of para-hydroxylation sites is 1. The summed E-state index contributed by atoms with van der Waals surface area (Å²) >= 11 is 7.35. The molecule has 6 rings (SSSR count). The van der Waals surface area contributed by atoms with E-state index in [-0.39, 0.29) is 11.5 Å². The molecule has 4 heterocycles. The van der Waals surface area contributed by atoms with Gasteiger partial charge in [-0.3, -0.25) is 4.90 Å². The second kappa shape index (κ2) is 9.15. The molecule has 2 aliphatic heterocycles. The predicted molar refractivity (Wildman–Crippen MR) is 137 cm³/mol. The van der Waals surface area contributed by atoms with Crippen molar-refractivity contribution in [3.05, 3.63) is 67.6 Å². The lowest BCUT2D eigenvalue weighted by Crippen LogP contribution is -2.48. The number of aryl methyl sites for hydroxylation is 1. The Balaban J connectivity index is 1.23. The Hall–Kier alpha value is -2.33. The normalized spacial score (nSPS) is 20.7. The maximum absolute atomic E-state index is 14.5. The van der Waals surface area contributed by atoms with E-state index in [1.807, 2.05) is 23.9 Å². The zero-order chi connectivity index (χ0) is 25.9. The first-order valence-corrected chi connectivity index (χ1v) is 13.7. The number of hydrogen-bond acceptors (Lipinski definition) is 6. The zero-order valence-corrected chi connectivity index (χ0v) is 22.3. The molecule has 0 atom stereocenters. The van der Waals surface area contributed by atoms with Crippen LogP contribution in [-0.2, 0) is 27.5 Å². The molecule has 1 saturated heterocycles. The summed E-state index contributed by atoms with van der Waals surface area (Å²) < 4.78 is 42.0. The summed E-state index contributed by atoms with van der Waals surface area (Å²) in [5.41, 5.74) is 3.70. The van der Waals surface area contributed by atoms with E-state index in [0.717, 1.165) is 35.3 Å². The first-order valence-electron chi connectivity index (χ1n) is 12.5. The second-order valence-electron chi connectivity index (χ2n) is 10.3. The monoisotopic (exact) mass is 547 g/mol. The Morgan fingerprint density at radius 3 is 2.76 bits per heavy atom. The number of methoxy groups -OCH3 is 1. The lowest BCUT2D eigenvalue weighted by Gasteiger charge is -2.45. The first kappa shape index (κ1) is 25.0. The lowest BCUT2D eigenvalue weighted by molar-refractivity contribution is -0.182. The van der Waals surface area contributed by atoms with Crippen LogP contribution in [0.1, 0.15) is 69.2 Å². The van der Waals surface area contributed by atoms with Gasteiger partial charge in [-0.2, -0.15) is 13.9 Å². The van der Waals surface area contributed by atoms with Crippen LogP contribution in [0.25, 0.3) is 5.69 Å². The third kappa shape index (κ3) is 4.39. The number of rotatable bonds is 5. The predicted octanol–water partition coefficient (Wildman–Crippen LogP) is 6.17. The molecule has 2 aromatic heterocycles. The molecule has 3 aromatic rings. The fraction of sp³-hybridized carbons (Fsp3) is 0.481. The van der Waals surface area contributed by atoms with Crippen molar-refractivity contribution in [2.45, 2.75) is 56.6 Å². The Bertz CT molecular complexity index is 1360. The number of hydrogen-bond donors (Lipinski definition) is 0. The molecule has 0 radical (unpaired) electrons. The van der Waals surface area contributed by atoms with Crippen molar-refractivity contribution in [1.82, 2.24) is 14.7 Å². The highest BCUT2D eigenvalue weighted by atomic mass is 35.5. The molecule has 0 bridgehead atoms. The van der Waals surface area contributed by atoms with Gasteiger partial charge >= 0.3 is 5.97 Å². The van der Waals surface area contributed by atoms with E-state index in [9.17, 15) is 13.6 Å². The quantitative estimate of drug-likeness (QED) is 0.357. The minimum absolute atomic E-state index is 0.0232. The highest BCUT2D eigenvalue weighted by Crippen LogP contribution is 2.52. The van der Waals surface area contributed by atoms with Gasteiger partial charge in [0.1, 0.15) is 12.2 Å². The van der Waals surface area contributed by atoms with Crippen molar-refractivity contribution in [3.63, 3.8) is 0 Å². The summed E-state index contributed by atoms with van der Waals surface area (Å²) in [6.45, 7) is 3.45. The molecule has 1 saturated carbocycles. The molecule has 10 heteroatoms. The third-order valence-corrected chi connectivity index (χ3v) is 9.27. The lowest BCUT2D eigenvalue weighted by atomic mass is 9.84. The third-order valence-electron chi connectivity index (χ3n) is 7.82. The number of thiophene rings is 1. The number of piperidine rings is 1. The molecule has 0 N–H and O–H groups in total. The fourth-order valence-corrected chi connectivity index (χ4v) is 7.09. The van der Waals surface area contributed by atoms with Crippen LogP contribution in [0.2, 0.25) is 4.34 Å². The van der Waals surface area contributed by atoms with Gasteiger partial charge in [-0.25, -0.2) is 9.48 Å². The van der Waals surface area contributed by atoms with Crippen molar-refractivity contribution < 1.29 is 23.0 Å². The summed E-state index contributed by atoms with van der Waals surface area (Å²) in [4.78, 5) is 15.4. The van der Waals surface area contributed by atoms with E-state index in [0.29, 0.717) is 53.2 Å². The summed E-state index contributed by atoms with van der Waals surface area (Å²) in [5, 5.41) is 4.79. The first-order chi connectivity index (χ1) is 17.7. The number of carbonyl (C=O) groups is 1. The van der Waals surface area contributed by atoms with Crippen LogP contribution in [0.5, 0.6) is 0 Å². The largest absolute Gasteiger partial charge is 0.465 e. The number of nitrogens with zero attached hydrogens (tertiary/aromatic N) is 3. The van der Waals surface area contributed by atoms with Gasteiger partial charge in [-0.1, -0.05) is 23.7 Å². The van der Waals surface area contributed by atoms with Crippen molar-refractivity contribution in [2.24, 2.45) is 0 Å². The molecule has 196 valence electrons. The van der Waals surface area contributed by atoms with Gasteiger partial charge < -0.3 is 9.47 Å². The van der Waals surface area contributed by atoms with Crippen molar-refractivity contribution in [3.8, 4) is 5.69 Å². The van der Waals surface area contributed by atoms with Gasteiger partial charge in [0.15, 0.2) is 0 Å². The van der Waals surface area contributed by atoms with Crippen LogP contribution in [0, 0.1) is 6.92 Å². The molecule has 0 amide bonds. The smallest absolute Gasteiger partial charge is 0.340 e. The molecule has 6 nitrogen and oxygen atoms in total. The number of halogens is 3. The second-order valence-corrected chi connectivity index (χ2v) is 11.9. The minimum atomic E-state index is -3.01. The molecular weight excluding hydrogens is 520 g/mol. The van der Waals surface area contributed by atoms with Gasteiger partial charge in [0, 0.05) is 41.8 Å². The fourth-order valence-electron chi connectivity index (χ4n) is 5.61. The number of esters is 1.